The third-order valence-corrected chi connectivity index (χ3v) is 5.52. The zero-order chi connectivity index (χ0) is 19.9. The second kappa shape index (κ2) is 6.93. The lowest BCUT2D eigenvalue weighted by atomic mass is 9.66. The van der Waals surface area contributed by atoms with Crippen LogP contribution in [0.5, 0.6) is 0 Å². The smallest absolute Gasteiger partial charge is 0.359 e. The molecular weight excluding hydrogens is 346 g/mol. The molecule has 1 unspecified atom stereocenters. The number of amides is 1. The molecule has 1 saturated heterocycles. The van der Waals surface area contributed by atoms with Crippen molar-refractivity contribution in [3.05, 3.63) is 17.5 Å². The lowest BCUT2D eigenvalue weighted by molar-refractivity contribution is -0.162. The average Bonchev–Trinajstić information content (AvgIpc) is 2.92. The van der Waals surface area contributed by atoms with E-state index < -0.39 is 11.6 Å². The molecule has 7 nitrogen and oxygen atoms in total. The van der Waals surface area contributed by atoms with Crippen LogP contribution in [0.25, 0.3) is 0 Å². The van der Waals surface area contributed by atoms with E-state index in [1.807, 2.05) is 0 Å². The molecule has 1 aromatic rings. The van der Waals surface area contributed by atoms with Crippen LogP contribution >= 0.6 is 0 Å². The Kier molecular flexibility index (Phi) is 5.10. The Hall–Kier alpha value is -1.89. The molecular formula is C20H31N3O4. The largest absolute Gasteiger partial charge is 0.455 e. The second-order valence-electron chi connectivity index (χ2n) is 9.35. The number of nitrogens with zero attached hydrogens (tertiary/aromatic N) is 2. The third kappa shape index (κ3) is 4.51. The molecule has 1 aromatic heterocycles. The van der Waals surface area contributed by atoms with Gasteiger partial charge in [0.15, 0.2) is 5.69 Å². The number of aryl methyl sites for hydroxylation is 1. The van der Waals surface area contributed by atoms with Gasteiger partial charge in [-0.05, 0) is 58.3 Å². The SMILES string of the molecule is Cn1nc(C(=O)OC(C)(C)C)cc1C(=O)NCC1(C)CCOC2(CCC2)C1. The van der Waals surface area contributed by atoms with Crippen LogP contribution in [0, 0.1) is 5.41 Å². The number of rotatable bonds is 4. The first-order valence-corrected chi connectivity index (χ1v) is 9.71. The molecule has 0 aromatic carbocycles. The Morgan fingerprint density at radius 1 is 1.33 bits per heavy atom. The van der Waals surface area contributed by atoms with Crippen molar-refractivity contribution >= 4 is 11.9 Å². The molecule has 7 heteroatoms. The molecule has 0 bridgehead atoms. The maximum absolute atomic E-state index is 12.7. The summed E-state index contributed by atoms with van der Waals surface area (Å²) in [7, 11) is 1.66. The number of esters is 1. The van der Waals surface area contributed by atoms with Crippen LogP contribution in [0.2, 0.25) is 0 Å². The van der Waals surface area contributed by atoms with Gasteiger partial charge in [-0.2, -0.15) is 5.10 Å². The van der Waals surface area contributed by atoms with Crippen LogP contribution < -0.4 is 5.32 Å². The summed E-state index contributed by atoms with van der Waals surface area (Å²) in [5, 5.41) is 7.16. The summed E-state index contributed by atoms with van der Waals surface area (Å²) in [5.74, 6) is -0.754. The maximum atomic E-state index is 12.7. The van der Waals surface area contributed by atoms with Crippen LogP contribution in [0.4, 0.5) is 0 Å². The zero-order valence-electron chi connectivity index (χ0n) is 17.1. The van der Waals surface area contributed by atoms with E-state index in [0.29, 0.717) is 12.2 Å². The highest BCUT2D eigenvalue weighted by atomic mass is 16.6. The fourth-order valence-corrected chi connectivity index (χ4v) is 3.97. The van der Waals surface area contributed by atoms with Crippen LogP contribution in [0.15, 0.2) is 6.07 Å². The van der Waals surface area contributed by atoms with E-state index in [-0.39, 0.29) is 22.6 Å². The minimum atomic E-state index is -0.605. The van der Waals surface area contributed by atoms with Crippen molar-refractivity contribution in [2.75, 3.05) is 13.2 Å². The van der Waals surface area contributed by atoms with Crippen molar-refractivity contribution < 1.29 is 19.1 Å². The van der Waals surface area contributed by atoms with E-state index in [1.165, 1.54) is 17.2 Å². The molecule has 1 aliphatic carbocycles. The van der Waals surface area contributed by atoms with E-state index in [2.05, 4.69) is 17.3 Å². The van der Waals surface area contributed by atoms with Crippen molar-refractivity contribution in [3.63, 3.8) is 0 Å². The van der Waals surface area contributed by atoms with E-state index in [0.717, 1.165) is 32.3 Å². The number of carbonyl (C=O) groups excluding carboxylic acids is 2. The first-order valence-electron chi connectivity index (χ1n) is 9.71. The average molecular weight is 377 g/mol. The van der Waals surface area contributed by atoms with Gasteiger partial charge in [-0.25, -0.2) is 4.79 Å². The summed E-state index contributed by atoms with van der Waals surface area (Å²) < 4.78 is 12.7. The molecule has 1 amide bonds. The monoisotopic (exact) mass is 377 g/mol. The lowest BCUT2D eigenvalue weighted by Crippen LogP contribution is -2.52. The number of nitrogens with one attached hydrogen (secondary N) is 1. The molecule has 2 aliphatic rings. The molecule has 27 heavy (non-hydrogen) atoms. The Morgan fingerprint density at radius 2 is 2.04 bits per heavy atom. The predicted octanol–water partition coefficient (Wildman–Crippen LogP) is 2.84. The Morgan fingerprint density at radius 3 is 2.63 bits per heavy atom. The van der Waals surface area contributed by atoms with Gasteiger partial charge in [0.25, 0.3) is 5.91 Å². The highest BCUT2D eigenvalue weighted by Crippen LogP contribution is 2.48. The minimum absolute atomic E-state index is 0.0287. The third-order valence-electron chi connectivity index (χ3n) is 5.52. The molecule has 150 valence electrons. The summed E-state index contributed by atoms with van der Waals surface area (Å²) in [5.41, 5.74) is -0.0468. The first kappa shape index (κ1) is 19.9. The van der Waals surface area contributed by atoms with Gasteiger partial charge in [0.2, 0.25) is 0 Å². The Labute approximate surface area is 160 Å². The summed E-state index contributed by atoms with van der Waals surface area (Å²) >= 11 is 0. The first-order chi connectivity index (χ1) is 12.5. The Balaban J connectivity index is 1.62. The van der Waals surface area contributed by atoms with Gasteiger partial charge < -0.3 is 14.8 Å². The molecule has 2 fully saturated rings. The normalized spacial score (nSPS) is 24.3. The van der Waals surface area contributed by atoms with E-state index >= 15 is 0 Å². The van der Waals surface area contributed by atoms with Gasteiger partial charge >= 0.3 is 5.97 Å². The van der Waals surface area contributed by atoms with Gasteiger partial charge in [-0.3, -0.25) is 9.48 Å². The van der Waals surface area contributed by atoms with Crippen molar-refractivity contribution in [1.29, 1.82) is 0 Å². The van der Waals surface area contributed by atoms with Crippen molar-refractivity contribution in [2.24, 2.45) is 12.5 Å². The van der Waals surface area contributed by atoms with Crippen LogP contribution in [0.1, 0.15) is 80.8 Å². The molecule has 3 rings (SSSR count). The number of carbonyl (C=O) groups is 2. The highest BCUT2D eigenvalue weighted by molar-refractivity contribution is 5.96. The standard InChI is InChI=1S/C20H31N3O4/c1-18(2,3)27-17(25)14-11-15(23(5)22-14)16(24)21-13-19(4)9-10-26-20(12-19)7-6-8-20/h11H,6-10,12-13H2,1-5H3,(H,21,24). The predicted molar refractivity (Wildman–Crippen MR) is 101 cm³/mol. The Bertz CT molecular complexity index is 730. The zero-order valence-corrected chi connectivity index (χ0v) is 17.1. The van der Waals surface area contributed by atoms with Crippen LogP contribution in [-0.2, 0) is 16.5 Å². The second-order valence-corrected chi connectivity index (χ2v) is 9.35. The fourth-order valence-electron chi connectivity index (χ4n) is 3.97. The summed E-state index contributed by atoms with van der Waals surface area (Å²) in [6, 6.07) is 1.49. The molecule has 1 aliphatic heterocycles. The highest BCUT2D eigenvalue weighted by Gasteiger charge is 2.47. The quantitative estimate of drug-likeness (QED) is 0.816. The van der Waals surface area contributed by atoms with Gasteiger partial charge in [0.1, 0.15) is 11.3 Å². The summed E-state index contributed by atoms with van der Waals surface area (Å²) in [4.78, 5) is 24.8. The summed E-state index contributed by atoms with van der Waals surface area (Å²) in [6.07, 6.45) is 5.39. The number of ether oxygens (including phenoxy) is 2. The van der Waals surface area contributed by atoms with Gasteiger partial charge in [-0.1, -0.05) is 6.92 Å². The number of hydrogen-bond donors (Lipinski definition) is 1. The summed E-state index contributed by atoms with van der Waals surface area (Å²) in [6.45, 7) is 8.94. The molecule has 1 atom stereocenters. The number of hydrogen-bond acceptors (Lipinski definition) is 5. The molecule has 0 radical (unpaired) electrons. The van der Waals surface area contributed by atoms with Crippen LogP contribution in [-0.4, -0.2) is 46.0 Å². The maximum Gasteiger partial charge on any atom is 0.359 e. The molecule has 1 spiro atoms. The minimum Gasteiger partial charge on any atom is -0.455 e. The van der Waals surface area contributed by atoms with Crippen molar-refractivity contribution in [1.82, 2.24) is 15.1 Å². The molecule has 1 N–H and O–H groups in total. The van der Waals surface area contributed by atoms with Gasteiger partial charge in [0, 0.05) is 26.3 Å². The number of aromatic nitrogens is 2. The van der Waals surface area contributed by atoms with E-state index in [1.54, 1.807) is 27.8 Å². The lowest BCUT2D eigenvalue weighted by Gasteiger charge is -2.51. The van der Waals surface area contributed by atoms with Gasteiger partial charge in [0.05, 0.1) is 5.60 Å². The topological polar surface area (TPSA) is 82.5 Å². The molecule has 1 saturated carbocycles. The fraction of sp³-hybridized carbons (Fsp3) is 0.750. The van der Waals surface area contributed by atoms with Crippen molar-refractivity contribution in [3.8, 4) is 0 Å². The van der Waals surface area contributed by atoms with Gasteiger partial charge in [-0.15, -0.1) is 0 Å². The van der Waals surface area contributed by atoms with E-state index in [4.69, 9.17) is 9.47 Å². The van der Waals surface area contributed by atoms with Crippen LogP contribution in [0.3, 0.4) is 0 Å². The molecule has 2 heterocycles. The van der Waals surface area contributed by atoms with Crippen molar-refractivity contribution in [2.45, 2.75) is 71.0 Å². The van der Waals surface area contributed by atoms with E-state index in [9.17, 15) is 9.59 Å².